The number of benzene rings is 1. The van der Waals surface area contributed by atoms with Gasteiger partial charge in [-0.1, -0.05) is 18.2 Å². The Bertz CT molecular complexity index is 812. The quantitative estimate of drug-likeness (QED) is 0.700. The van der Waals surface area contributed by atoms with E-state index in [0.29, 0.717) is 17.4 Å². The standard InChI is InChI=1S/C22H30N4O3S/c1-22(2)12-15-16(13-29-22)19(26-8-10-28-11-9-26)24-21-17(15)18(25-30-21)23-20(27)14-6-4-3-5-7-14/h3-7,15-17,19,21,24H,8-13H2,1-2H3,(H,23,25,27). The highest BCUT2D eigenvalue weighted by atomic mass is 32.2. The lowest BCUT2D eigenvalue weighted by atomic mass is 9.69. The van der Waals surface area contributed by atoms with E-state index in [4.69, 9.17) is 13.9 Å². The lowest BCUT2D eigenvalue weighted by molar-refractivity contribution is -0.150. The van der Waals surface area contributed by atoms with Crippen LogP contribution in [0.4, 0.5) is 0 Å². The highest BCUT2D eigenvalue weighted by molar-refractivity contribution is 7.99. The number of amides is 1. The molecule has 3 fully saturated rings. The van der Waals surface area contributed by atoms with Gasteiger partial charge in [-0.2, -0.15) is 0 Å². The fourth-order valence-electron chi connectivity index (χ4n) is 5.29. The lowest BCUT2D eigenvalue weighted by Gasteiger charge is -2.54. The van der Waals surface area contributed by atoms with Gasteiger partial charge in [-0.3, -0.25) is 15.0 Å². The lowest BCUT2D eigenvalue weighted by Crippen LogP contribution is -2.67. The first-order chi connectivity index (χ1) is 14.5. The van der Waals surface area contributed by atoms with Gasteiger partial charge < -0.3 is 14.8 Å². The summed E-state index contributed by atoms with van der Waals surface area (Å²) >= 11 is 1.56. The van der Waals surface area contributed by atoms with Gasteiger partial charge in [0.1, 0.15) is 5.84 Å². The molecule has 8 heteroatoms. The normalized spacial score (nSPS) is 35.8. The molecule has 5 atom stereocenters. The summed E-state index contributed by atoms with van der Waals surface area (Å²) in [4.78, 5) is 15.3. The van der Waals surface area contributed by atoms with E-state index in [2.05, 4.69) is 29.4 Å². The molecule has 0 spiro atoms. The SMILES string of the molecule is CC1(C)CC2C(CO1)C(N1CCOCC1)NC1SN=C(NC(=O)c3ccccc3)C12. The van der Waals surface area contributed by atoms with E-state index in [1.165, 1.54) is 0 Å². The average molecular weight is 431 g/mol. The molecule has 0 radical (unpaired) electrons. The first-order valence-corrected chi connectivity index (χ1v) is 11.7. The molecule has 162 valence electrons. The van der Waals surface area contributed by atoms with Crippen LogP contribution in [0.1, 0.15) is 30.6 Å². The minimum absolute atomic E-state index is 0.0891. The zero-order valence-electron chi connectivity index (χ0n) is 17.5. The summed E-state index contributed by atoms with van der Waals surface area (Å²) in [6, 6.07) is 9.36. The second kappa shape index (κ2) is 8.24. The minimum atomic E-state index is -0.166. The molecular formula is C22H30N4O3S. The Morgan fingerprint density at radius 2 is 2.00 bits per heavy atom. The molecule has 1 aromatic carbocycles. The first kappa shape index (κ1) is 20.5. The van der Waals surface area contributed by atoms with Crippen molar-refractivity contribution in [2.45, 2.75) is 37.4 Å². The number of fused-ring (bicyclic) bond motifs is 3. The van der Waals surface area contributed by atoms with Crippen molar-refractivity contribution in [3.05, 3.63) is 35.9 Å². The number of piperidine rings is 1. The molecule has 5 rings (SSSR count). The highest BCUT2D eigenvalue weighted by Crippen LogP contribution is 2.48. The summed E-state index contributed by atoms with van der Waals surface area (Å²) in [5, 5.41) is 7.13. The van der Waals surface area contributed by atoms with E-state index in [9.17, 15) is 4.79 Å². The van der Waals surface area contributed by atoms with E-state index in [1.807, 2.05) is 30.3 Å². The first-order valence-electron chi connectivity index (χ1n) is 10.8. The number of hydrogen-bond acceptors (Lipinski definition) is 7. The Labute approximate surface area is 182 Å². The number of ether oxygens (including phenoxy) is 2. The largest absolute Gasteiger partial charge is 0.379 e. The third kappa shape index (κ3) is 3.91. The average Bonchev–Trinajstić information content (AvgIpc) is 3.16. The third-order valence-corrected chi connectivity index (χ3v) is 7.73. The zero-order chi connectivity index (χ0) is 20.7. The maximum atomic E-state index is 12.8. The molecule has 7 nitrogen and oxygen atoms in total. The van der Waals surface area contributed by atoms with Crippen molar-refractivity contribution in [2.24, 2.45) is 22.2 Å². The predicted octanol–water partition coefficient (Wildman–Crippen LogP) is 2.11. The molecule has 30 heavy (non-hydrogen) atoms. The minimum Gasteiger partial charge on any atom is -0.379 e. The maximum Gasteiger partial charge on any atom is 0.256 e. The summed E-state index contributed by atoms with van der Waals surface area (Å²) in [6.07, 6.45) is 1.21. The van der Waals surface area contributed by atoms with Crippen LogP contribution >= 0.6 is 11.9 Å². The number of amidine groups is 1. The van der Waals surface area contributed by atoms with Crippen molar-refractivity contribution in [3.63, 3.8) is 0 Å². The van der Waals surface area contributed by atoms with Crippen LogP contribution in [0.3, 0.4) is 0 Å². The Balaban J connectivity index is 1.38. The number of carbonyl (C=O) groups is 1. The number of hydrogen-bond donors (Lipinski definition) is 2. The van der Waals surface area contributed by atoms with Gasteiger partial charge in [0.25, 0.3) is 5.91 Å². The van der Waals surface area contributed by atoms with Crippen LogP contribution < -0.4 is 10.6 Å². The maximum absolute atomic E-state index is 12.8. The van der Waals surface area contributed by atoms with E-state index < -0.39 is 0 Å². The number of rotatable bonds is 2. The molecule has 4 heterocycles. The van der Waals surface area contributed by atoms with Gasteiger partial charge in [0, 0.05) is 30.5 Å². The molecule has 0 aliphatic carbocycles. The fourth-order valence-corrected chi connectivity index (χ4v) is 6.35. The molecule has 4 aliphatic rings. The monoisotopic (exact) mass is 430 g/mol. The van der Waals surface area contributed by atoms with Gasteiger partial charge in [-0.25, -0.2) is 4.40 Å². The molecule has 0 aromatic heterocycles. The molecule has 0 bridgehead atoms. The molecule has 0 saturated carbocycles. The van der Waals surface area contributed by atoms with Crippen molar-refractivity contribution in [1.29, 1.82) is 0 Å². The summed E-state index contributed by atoms with van der Waals surface area (Å²) in [7, 11) is 0. The van der Waals surface area contributed by atoms with Gasteiger partial charge in [-0.05, 0) is 50.3 Å². The van der Waals surface area contributed by atoms with Crippen LogP contribution in [0.5, 0.6) is 0 Å². The fraction of sp³-hybridized carbons (Fsp3) is 0.636. The van der Waals surface area contributed by atoms with Crippen LogP contribution in [-0.2, 0) is 9.47 Å². The van der Waals surface area contributed by atoms with Crippen molar-refractivity contribution < 1.29 is 14.3 Å². The summed E-state index contributed by atoms with van der Waals surface area (Å²) in [5.41, 5.74) is 0.493. The molecular weight excluding hydrogens is 400 g/mol. The Hall–Kier alpha value is -1.45. The topological polar surface area (TPSA) is 75.2 Å². The highest BCUT2D eigenvalue weighted by Gasteiger charge is 2.54. The smallest absolute Gasteiger partial charge is 0.256 e. The Morgan fingerprint density at radius 3 is 2.77 bits per heavy atom. The van der Waals surface area contributed by atoms with E-state index in [1.54, 1.807) is 11.9 Å². The van der Waals surface area contributed by atoms with Gasteiger partial charge in [0.2, 0.25) is 0 Å². The molecule has 1 amide bonds. The van der Waals surface area contributed by atoms with Crippen LogP contribution in [-0.4, -0.2) is 66.7 Å². The number of nitrogens with zero attached hydrogens (tertiary/aromatic N) is 2. The molecule has 3 saturated heterocycles. The summed E-state index contributed by atoms with van der Waals surface area (Å²) in [5.74, 6) is 1.65. The van der Waals surface area contributed by atoms with Crippen molar-refractivity contribution >= 4 is 23.7 Å². The van der Waals surface area contributed by atoms with Gasteiger partial charge in [-0.15, -0.1) is 0 Å². The van der Waals surface area contributed by atoms with Gasteiger partial charge in [0.05, 0.1) is 37.0 Å². The number of nitrogens with one attached hydrogen (secondary N) is 2. The Morgan fingerprint density at radius 1 is 1.23 bits per heavy atom. The molecule has 1 aromatic rings. The second-order valence-electron chi connectivity index (χ2n) is 9.21. The van der Waals surface area contributed by atoms with Crippen LogP contribution in [0.15, 0.2) is 34.7 Å². The van der Waals surface area contributed by atoms with E-state index in [-0.39, 0.29) is 29.0 Å². The van der Waals surface area contributed by atoms with Crippen molar-refractivity contribution in [2.75, 3.05) is 32.9 Å². The van der Waals surface area contributed by atoms with Crippen molar-refractivity contribution in [3.8, 4) is 0 Å². The molecule has 2 N–H and O–H groups in total. The van der Waals surface area contributed by atoms with E-state index >= 15 is 0 Å². The van der Waals surface area contributed by atoms with Crippen LogP contribution in [0.25, 0.3) is 0 Å². The van der Waals surface area contributed by atoms with Crippen molar-refractivity contribution in [1.82, 2.24) is 15.5 Å². The number of morpholine rings is 1. The van der Waals surface area contributed by atoms with Gasteiger partial charge in [0.15, 0.2) is 0 Å². The predicted molar refractivity (Wildman–Crippen MR) is 117 cm³/mol. The van der Waals surface area contributed by atoms with Gasteiger partial charge >= 0.3 is 0 Å². The summed E-state index contributed by atoms with van der Waals surface area (Å²) < 4.78 is 16.6. The molecule has 5 unspecified atom stereocenters. The van der Waals surface area contributed by atoms with Crippen LogP contribution in [0.2, 0.25) is 0 Å². The van der Waals surface area contributed by atoms with Crippen LogP contribution in [0, 0.1) is 17.8 Å². The second-order valence-corrected chi connectivity index (χ2v) is 10.1. The zero-order valence-corrected chi connectivity index (χ0v) is 18.4. The molecule has 4 aliphatic heterocycles. The number of carbonyl (C=O) groups excluding carboxylic acids is 1. The Kier molecular flexibility index (Phi) is 5.62. The van der Waals surface area contributed by atoms with E-state index in [0.717, 1.165) is 45.2 Å². The third-order valence-electron chi connectivity index (χ3n) is 6.77. The summed E-state index contributed by atoms with van der Waals surface area (Å²) in [6.45, 7) is 8.49.